The maximum Gasteiger partial charge on any atom is 0.418 e. The molecule has 0 bridgehead atoms. The van der Waals surface area contributed by atoms with Crippen LogP contribution in [0.5, 0.6) is 11.5 Å². The zero-order chi connectivity index (χ0) is 27.2. The lowest BCUT2D eigenvalue weighted by Crippen LogP contribution is -2.32. The second-order valence-corrected chi connectivity index (χ2v) is 9.41. The fraction of sp³-hybridized carbons (Fsp3) is 0.407. The molecule has 2 aliphatic rings. The largest absolute Gasteiger partial charge is 0.497 e. The van der Waals surface area contributed by atoms with Crippen molar-refractivity contribution in [3.05, 3.63) is 57.9 Å². The van der Waals surface area contributed by atoms with Crippen LogP contribution in [0, 0.1) is 0 Å². The number of hydrogen-bond acceptors (Lipinski definition) is 7. The highest BCUT2D eigenvalue weighted by Crippen LogP contribution is 2.39. The van der Waals surface area contributed by atoms with Gasteiger partial charge in [-0.3, -0.25) is 4.79 Å². The van der Waals surface area contributed by atoms with Gasteiger partial charge in [0.25, 0.3) is 5.56 Å². The van der Waals surface area contributed by atoms with Gasteiger partial charge >= 0.3 is 6.18 Å². The van der Waals surface area contributed by atoms with Gasteiger partial charge in [-0.15, -0.1) is 0 Å². The molecule has 0 aliphatic carbocycles. The van der Waals surface area contributed by atoms with Crippen LogP contribution in [0.15, 0.2) is 41.2 Å². The van der Waals surface area contributed by atoms with Crippen LogP contribution in [-0.2, 0) is 12.6 Å². The number of aromatic nitrogens is 2. The van der Waals surface area contributed by atoms with Crippen LogP contribution in [0.3, 0.4) is 0 Å². The molecular formula is C27H29F3N4O4. The molecule has 0 spiro atoms. The Bertz CT molecular complexity index is 1400. The van der Waals surface area contributed by atoms with E-state index in [-0.39, 0.29) is 5.69 Å². The molecule has 3 heterocycles. The summed E-state index contributed by atoms with van der Waals surface area (Å²) in [6.07, 6.45) is -4.24. The van der Waals surface area contributed by atoms with Crippen molar-refractivity contribution in [1.29, 1.82) is 0 Å². The Balaban J connectivity index is 1.79. The number of nitrogens with zero attached hydrogens (tertiary/aromatic N) is 4. The van der Waals surface area contributed by atoms with E-state index < -0.39 is 23.4 Å². The van der Waals surface area contributed by atoms with Crippen molar-refractivity contribution < 1.29 is 27.8 Å². The molecule has 0 saturated carbocycles. The smallest absolute Gasteiger partial charge is 0.418 e. The summed E-state index contributed by atoms with van der Waals surface area (Å²) < 4.78 is 54.4. The molecule has 1 saturated heterocycles. The van der Waals surface area contributed by atoms with Crippen molar-refractivity contribution >= 4 is 11.4 Å². The molecule has 11 heteroatoms. The minimum absolute atomic E-state index is 0.301. The number of methoxy groups -OCH3 is 2. The standard InChI is InChI=1S/C27H29F3N4O4/c1-4-32-10-8-21-24(16-11-19(37-2)14-20(12-16)38-3)31-34(26(36)25(21)32)23-13-17(33-9-7-18(35)15-33)5-6-22(23)27(28,29)30/h5-6,11-14,18,35H,4,7-10,15H2,1-3H3. The molecule has 1 aromatic heterocycles. The van der Waals surface area contributed by atoms with E-state index in [1.54, 1.807) is 23.1 Å². The van der Waals surface area contributed by atoms with Crippen molar-refractivity contribution in [2.45, 2.75) is 32.0 Å². The van der Waals surface area contributed by atoms with Crippen molar-refractivity contribution in [2.75, 3.05) is 50.2 Å². The Morgan fingerprint density at radius 3 is 2.37 bits per heavy atom. The van der Waals surface area contributed by atoms with E-state index in [9.17, 15) is 23.1 Å². The first-order valence-electron chi connectivity index (χ1n) is 12.4. The van der Waals surface area contributed by atoms with E-state index >= 15 is 0 Å². The van der Waals surface area contributed by atoms with Crippen LogP contribution in [-0.4, -0.2) is 61.4 Å². The second kappa shape index (κ2) is 9.86. The number of aliphatic hydroxyl groups excluding tert-OH is 1. The lowest BCUT2D eigenvalue weighted by Gasteiger charge is -2.23. The molecule has 1 N–H and O–H groups in total. The third kappa shape index (κ3) is 4.55. The number of halogens is 3. The van der Waals surface area contributed by atoms with Gasteiger partial charge in [0.05, 0.1) is 37.3 Å². The molecule has 1 fully saturated rings. The van der Waals surface area contributed by atoms with Crippen molar-refractivity contribution in [2.24, 2.45) is 0 Å². The number of anilines is 2. The van der Waals surface area contributed by atoms with E-state index in [1.165, 1.54) is 26.4 Å². The van der Waals surface area contributed by atoms with Crippen LogP contribution >= 0.6 is 0 Å². The van der Waals surface area contributed by atoms with E-state index in [0.717, 1.165) is 10.7 Å². The summed E-state index contributed by atoms with van der Waals surface area (Å²) in [6, 6.07) is 8.82. The molecule has 2 aromatic carbocycles. The van der Waals surface area contributed by atoms with Gasteiger partial charge in [0.15, 0.2) is 0 Å². The first-order chi connectivity index (χ1) is 18.1. The molecule has 1 unspecified atom stereocenters. The maximum absolute atomic E-state index is 14.2. The Morgan fingerprint density at radius 2 is 1.79 bits per heavy atom. The summed E-state index contributed by atoms with van der Waals surface area (Å²) in [4.78, 5) is 17.5. The SMILES string of the molecule is CCN1CCc2c(-c3cc(OC)cc(OC)c3)nn(-c3cc(N4CCC(O)C4)ccc3C(F)(F)F)c(=O)c21. The van der Waals surface area contributed by atoms with Crippen LogP contribution in [0.2, 0.25) is 0 Å². The Kier molecular flexibility index (Phi) is 6.72. The van der Waals surface area contributed by atoms with Crippen LogP contribution in [0.25, 0.3) is 16.9 Å². The minimum atomic E-state index is -4.72. The van der Waals surface area contributed by atoms with E-state index in [2.05, 4.69) is 5.10 Å². The van der Waals surface area contributed by atoms with E-state index in [1.807, 2.05) is 11.8 Å². The molecule has 0 radical (unpaired) electrons. The highest BCUT2D eigenvalue weighted by atomic mass is 19.4. The Hall–Kier alpha value is -3.73. The molecule has 38 heavy (non-hydrogen) atoms. The molecule has 1 atom stereocenters. The maximum atomic E-state index is 14.2. The van der Waals surface area contributed by atoms with Crippen LogP contribution < -0.4 is 24.8 Å². The average molecular weight is 531 g/mol. The Morgan fingerprint density at radius 1 is 1.08 bits per heavy atom. The van der Waals surface area contributed by atoms with Crippen molar-refractivity contribution in [3.63, 3.8) is 0 Å². The number of benzene rings is 2. The molecule has 8 nitrogen and oxygen atoms in total. The lowest BCUT2D eigenvalue weighted by molar-refractivity contribution is -0.137. The highest BCUT2D eigenvalue weighted by Gasteiger charge is 2.37. The number of ether oxygens (including phenoxy) is 2. The van der Waals surface area contributed by atoms with Gasteiger partial charge in [0.1, 0.15) is 17.2 Å². The first-order valence-corrected chi connectivity index (χ1v) is 12.4. The van der Waals surface area contributed by atoms with Gasteiger partial charge in [0.2, 0.25) is 0 Å². The van der Waals surface area contributed by atoms with Gasteiger partial charge in [-0.1, -0.05) is 0 Å². The van der Waals surface area contributed by atoms with Crippen molar-refractivity contribution in [3.8, 4) is 28.4 Å². The highest BCUT2D eigenvalue weighted by molar-refractivity contribution is 5.75. The summed E-state index contributed by atoms with van der Waals surface area (Å²) in [5.41, 5.74) is 0.524. The number of aliphatic hydroxyl groups is 1. The molecule has 2 aliphatic heterocycles. The summed E-state index contributed by atoms with van der Waals surface area (Å²) in [5.74, 6) is 0.979. The fourth-order valence-electron chi connectivity index (χ4n) is 5.23. The number of fused-ring (bicyclic) bond motifs is 1. The number of hydrogen-bond donors (Lipinski definition) is 1. The zero-order valence-electron chi connectivity index (χ0n) is 21.4. The molecule has 3 aromatic rings. The minimum Gasteiger partial charge on any atom is -0.497 e. The molecule has 5 rings (SSSR count). The number of likely N-dealkylation sites (N-methyl/N-ethyl adjacent to an activating group) is 1. The third-order valence-electron chi connectivity index (χ3n) is 7.16. The first kappa shape index (κ1) is 25.9. The summed E-state index contributed by atoms with van der Waals surface area (Å²) >= 11 is 0. The lowest BCUT2D eigenvalue weighted by atomic mass is 10.0. The molecule has 0 amide bonds. The van der Waals surface area contributed by atoms with Gasteiger partial charge < -0.3 is 24.4 Å². The number of rotatable bonds is 6. The van der Waals surface area contributed by atoms with Gasteiger partial charge in [-0.05, 0) is 50.1 Å². The van der Waals surface area contributed by atoms with Gasteiger partial charge in [-0.2, -0.15) is 23.0 Å². The summed E-state index contributed by atoms with van der Waals surface area (Å²) in [5, 5.41) is 14.5. The van der Waals surface area contributed by atoms with Crippen molar-refractivity contribution in [1.82, 2.24) is 9.78 Å². The average Bonchev–Trinajstić information content (AvgIpc) is 3.54. The van der Waals surface area contributed by atoms with Gasteiger partial charge in [-0.25, -0.2) is 0 Å². The number of alkyl halides is 3. The fourth-order valence-corrected chi connectivity index (χ4v) is 5.23. The third-order valence-corrected chi connectivity index (χ3v) is 7.16. The predicted octanol–water partition coefficient (Wildman–Crippen LogP) is 3.89. The molecular weight excluding hydrogens is 501 g/mol. The van der Waals surface area contributed by atoms with Crippen LogP contribution in [0.1, 0.15) is 24.5 Å². The second-order valence-electron chi connectivity index (χ2n) is 9.41. The quantitative estimate of drug-likeness (QED) is 0.518. The monoisotopic (exact) mass is 530 g/mol. The molecule has 202 valence electrons. The van der Waals surface area contributed by atoms with Crippen LogP contribution in [0.4, 0.5) is 24.5 Å². The summed E-state index contributed by atoms with van der Waals surface area (Å²) in [7, 11) is 3.01. The topological polar surface area (TPSA) is 80.1 Å². The predicted molar refractivity (Wildman–Crippen MR) is 138 cm³/mol. The summed E-state index contributed by atoms with van der Waals surface area (Å²) in [6.45, 7) is 3.77. The van der Waals surface area contributed by atoms with E-state index in [0.29, 0.717) is 78.7 Å². The van der Waals surface area contributed by atoms with E-state index in [4.69, 9.17) is 9.47 Å². The Labute approximate surface area is 217 Å². The number of β-amino-alcohol motifs (C(OH)–C–C–N with tert-alkyl or cyclic N) is 1. The zero-order valence-corrected chi connectivity index (χ0v) is 21.4. The normalized spacial score (nSPS) is 17.2. The van der Waals surface area contributed by atoms with Gasteiger partial charge in [0, 0.05) is 49.1 Å².